The molecule has 2 aromatic rings. The number of hydrogen-bond donors (Lipinski definition) is 2. The smallest absolute Gasteiger partial charge is 0.330 e. The number of aromatic amines is 1. The predicted molar refractivity (Wildman–Crippen MR) is 149 cm³/mol. The number of nitrogens with two attached hydrogens (primary N) is 1. The first-order chi connectivity index (χ1) is 18.0. The molecule has 0 atom stereocenters. The number of hydrogen-bond acceptors (Lipinski definition) is 7. The molecule has 0 aliphatic carbocycles. The normalized spacial score (nSPS) is 16.4. The van der Waals surface area contributed by atoms with Crippen LogP contribution in [0.1, 0.15) is 76.1 Å². The van der Waals surface area contributed by atoms with Crippen molar-refractivity contribution in [1.29, 1.82) is 0 Å². The number of anilines is 3. The highest BCUT2D eigenvalue weighted by atomic mass is 32.2. The van der Waals surface area contributed by atoms with Crippen LogP contribution in [-0.4, -0.2) is 42.8 Å². The second-order valence-corrected chi connectivity index (χ2v) is 11.8. The molecule has 1 aromatic heterocycles. The maximum atomic E-state index is 13.9. The van der Waals surface area contributed by atoms with E-state index in [-0.39, 0.29) is 34.4 Å². The van der Waals surface area contributed by atoms with E-state index in [0.717, 1.165) is 25.7 Å². The summed E-state index contributed by atoms with van der Waals surface area (Å²) < 4.78 is 31.5. The molecule has 0 radical (unpaired) electrons. The molecule has 0 saturated carbocycles. The lowest BCUT2D eigenvalue weighted by molar-refractivity contribution is 0.0985. The number of carbonyl (C=O) groups is 1. The van der Waals surface area contributed by atoms with Gasteiger partial charge in [-0.25, -0.2) is 4.79 Å². The molecule has 1 fully saturated rings. The standard InChI is InChI=1S/C26H36N6O5S/c1-4-5-13-32-23(27)22(24(33)28-26(32)35)31(15-12-17(2)3)25(34)18-10-11-19-20(16-18)38(36,37)29-21-9-7-6-8-14-30(19)21/h10-11,16-17H,4-9,12-15,27H2,1-3H3,(H,28,33,35). The summed E-state index contributed by atoms with van der Waals surface area (Å²) in [4.78, 5) is 44.8. The highest BCUT2D eigenvalue weighted by Gasteiger charge is 2.33. The first kappa shape index (κ1) is 27.6. The minimum atomic E-state index is -4.00. The lowest BCUT2D eigenvalue weighted by Gasteiger charge is -2.30. The monoisotopic (exact) mass is 544 g/mol. The van der Waals surface area contributed by atoms with E-state index >= 15 is 0 Å². The molecule has 12 heteroatoms. The fourth-order valence-corrected chi connectivity index (χ4v) is 6.13. The molecule has 1 aromatic carbocycles. The average Bonchev–Trinajstić information content (AvgIpc) is 3.10. The molecule has 1 saturated heterocycles. The molecule has 2 aliphatic heterocycles. The van der Waals surface area contributed by atoms with Crippen LogP contribution in [-0.2, 0) is 16.6 Å². The molecule has 2 aliphatic rings. The Morgan fingerprint density at radius 2 is 1.97 bits per heavy atom. The highest BCUT2D eigenvalue weighted by molar-refractivity contribution is 7.90. The van der Waals surface area contributed by atoms with Gasteiger partial charge >= 0.3 is 5.69 Å². The predicted octanol–water partition coefficient (Wildman–Crippen LogP) is 3.09. The van der Waals surface area contributed by atoms with Crippen LogP contribution >= 0.6 is 0 Å². The second-order valence-electron chi connectivity index (χ2n) is 10.3. The second kappa shape index (κ2) is 11.1. The maximum absolute atomic E-state index is 13.9. The lowest BCUT2D eigenvalue weighted by Crippen LogP contribution is -2.42. The largest absolute Gasteiger partial charge is 0.383 e. The molecule has 3 N–H and O–H groups in total. The van der Waals surface area contributed by atoms with E-state index in [0.29, 0.717) is 43.9 Å². The number of H-pyrrole nitrogens is 1. The number of sulfonamides is 1. The van der Waals surface area contributed by atoms with Gasteiger partial charge in [-0.2, -0.15) is 8.42 Å². The van der Waals surface area contributed by atoms with Crippen LogP contribution in [0, 0.1) is 5.92 Å². The van der Waals surface area contributed by atoms with Crippen LogP contribution in [0.5, 0.6) is 0 Å². The summed E-state index contributed by atoms with van der Waals surface area (Å²) in [6.07, 6.45) is 5.39. The van der Waals surface area contributed by atoms with Crippen molar-refractivity contribution in [2.75, 3.05) is 28.6 Å². The number of aromatic nitrogens is 2. The fourth-order valence-electron chi connectivity index (χ4n) is 4.85. The van der Waals surface area contributed by atoms with Crippen LogP contribution in [0.3, 0.4) is 0 Å². The molecular formula is C26H36N6O5S. The van der Waals surface area contributed by atoms with Crippen LogP contribution in [0.2, 0.25) is 0 Å². The van der Waals surface area contributed by atoms with Gasteiger partial charge in [-0.15, -0.1) is 4.40 Å². The third-order valence-corrected chi connectivity index (χ3v) is 8.32. The number of nitrogens with zero attached hydrogens (tertiary/aromatic N) is 4. The summed E-state index contributed by atoms with van der Waals surface area (Å²) >= 11 is 0. The average molecular weight is 545 g/mol. The minimum absolute atomic E-state index is 0.0346. The summed E-state index contributed by atoms with van der Waals surface area (Å²) in [5.41, 5.74) is 5.41. The highest BCUT2D eigenvalue weighted by Crippen LogP contribution is 2.35. The SMILES string of the molecule is CCCCn1c(N)c(N(CCC(C)C)C(=O)c2ccc3c(c2)S(=O)(=O)N=C2CCCCCN23)c(=O)[nH]c1=O. The van der Waals surface area contributed by atoms with Crippen molar-refractivity contribution in [1.82, 2.24) is 9.55 Å². The Balaban J connectivity index is 1.80. The van der Waals surface area contributed by atoms with Gasteiger partial charge in [0.15, 0.2) is 5.69 Å². The quantitative estimate of drug-likeness (QED) is 0.518. The van der Waals surface area contributed by atoms with Gasteiger partial charge in [0.05, 0.1) is 5.69 Å². The molecule has 4 rings (SSSR count). The number of amides is 1. The lowest BCUT2D eigenvalue weighted by atomic mass is 10.1. The molecule has 0 bridgehead atoms. The van der Waals surface area contributed by atoms with Gasteiger partial charge in [-0.1, -0.05) is 33.6 Å². The maximum Gasteiger partial charge on any atom is 0.330 e. The van der Waals surface area contributed by atoms with Gasteiger partial charge in [0.2, 0.25) is 0 Å². The summed E-state index contributed by atoms with van der Waals surface area (Å²) in [7, 11) is -4.00. The molecule has 1 amide bonds. The van der Waals surface area contributed by atoms with Gasteiger partial charge < -0.3 is 15.5 Å². The van der Waals surface area contributed by atoms with E-state index in [2.05, 4.69) is 9.38 Å². The Bertz CT molecular complexity index is 1470. The van der Waals surface area contributed by atoms with Crippen molar-refractivity contribution < 1.29 is 13.2 Å². The zero-order valence-corrected chi connectivity index (χ0v) is 23.0. The number of carbonyl (C=O) groups excluding carboxylic acids is 1. The number of unbranched alkanes of at least 4 members (excludes halogenated alkanes) is 1. The fraction of sp³-hybridized carbons (Fsp3) is 0.538. The molecular weight excluding hydrogens is 508 g/mol. The topological polar surface area (TPSA) is 151 Å². The Hall–Kier alpha value is -3.41. The number of nitrogens with one attached hydrogen (secondary N) is 1. The van der Waals surface area contributed by atoms with E-state index in [1.165, 1.54) is 15.5 Å². The summed E-state index contributed by atoms with van der Waals surface area (Å²) in [5.74, 6) is 0.0680. The molecule has 0 unspecified atom stereocenters. The number of fused-ring (bicyclic) bond motifs is 3. The zero-order valence-electron chi connectivity index (χ0n) is 22.2. The van der Waals surface area contributed by atoms with Crippen LogP contribution < -0.4 is 26.8 Å². The number of benzene rings is 1. The third kappa shape index (κ3) is 5.40. The molecule has 11 nitrogen and oxygen atoms in total. The van der Waals surface area contributed by atoms with E-state index in [1.54, 1.807) is 12.1 Å². The zero-order chi connectivity index (χ0) is 27.6. The van der Waals surface area contributed by atoms with E-state index < -0.39 is 27.2 Å². The Labute approximate surface area is 222 Å². The van der Waals surface area contributed by atoms with Crippen LogP contribution in [0.25, 0.3) is 0 Å². The minimum Gasteiger partial charge on any atom is -0.383 e. The number of rotatable bonds is 8. The summed E-state index contributed by atoms with van der Waals surface area (Å²) in [6, 6.07) is 4.54. The van der Waals surface area contributed by atoms with Crippen molar-refractivity contribution in [2.45, 2.75) is 77.2 Å². The molecule has 0 spiro atoms. The van der Waals surface area contributed by atoms with Crippen molar-refractivity contribution in [3.05, 3.63) is 44.6 Å². The summed E-state index contributed by atoms with van der Waals surface area (Å²) in [6.45, 7) is 7.05. The van der Waals surface area contributed by atoms with Gasteiger partial charge in [0, 0.05) is 31.6 Å². The van der Waals surface area contributed by atoms with Crippen molar-refractivity contribution in [3.8, 4) is 0 Å². The van der Waals surface area contributed by atoms with Gasteiger partial charge in [0.1, 0.15) is 16.5 Å². The van der Waals surface area contributed by atoms with Crippen molar-refractivity contribution >= 4 is 39.0 Å². The van der Waals surface area contributed by atoms with E-state index in [4.69, 9.17) is 5.73 Å². The molecule has 38 heavy (non-hydrogen) atoms. The Kier molecular flexibility index (Phi) is 8.10. The van der Waals surface area contributed by atoms with Crippen LogP contribution in [0.15, 0.2) is 37.1 Å². The third-order valence-electron chi connectivity index (χ3n) is 6.99. The number of amidine groups is 1. The Morgan fingerprint density at radius 1 is 1.21 bits per heavy atom. The van der Waals surface area contributed by atoms with Gasteiger partial charge in [0.25, 0.3) is 21.5 Å². The number of nitrogen functional groups attached to an aromatic ring is 1. The van der Waals surface area contributed by atoms with Gasteiger partial charge in [-0.3, -0.25) is 19.1 Å². The van der Waals surface area contributed by atoms with Crippen molar-refractivity contribution in [3.63, 3.8) is 0 Å². The Morgan fingerprint density at radius 3 is 2.68 bits per heavy atom. The first-order valence-electron chi connectivity index (χ1n) is 13.2. The summed E-state index contributed by atoms with van der Waals surface area (Å²) in [5, 5.41) is 0. The molecule has 3 heterocycles. The van der Waals surface area contributed by atoms with Crippen molar-refractivity contribution in [2.24, 2.45) is 10.3 Å². The van der Waals surface area contributed by atoms with E-state index in [9.17, 15) is 22.8 Å². The van der Waals surface area contributed by atoms with Gasteiger partial charge in [-0.05, 0) is 49.8 Å². The van der Waals surface area contributed by atoms with Crippen LogP contribution in [0.4, 0.5) is 17.2 Å². The molecule has 206 valence electrons. The van der Waals surface area contributed by atoms with E-state index in [1.807, 2.05) is 25.7 Å². The first-order valence-corrected chi connectivity index (χ1v) is 14.7.